The summed E-state index contributed by atoms with van der Waals surface area (Å²) in [4.78, 5) is 3.79. The number of hydrogen-bond acceptors (Lipinski definition) is 4. The molecule has 0 unspecified atom stereocenters. The third-order valence-corrected chi connectivity index (χ3v) is 3.81. The Kier molecular flexibility index (Phi) is 3.53. The summed E-state index contributed by atoms with van der Waals surface area (Å²) in [6.07, 6.45) is 4.26. The molecule has 0 bridgehead atoms. The second-order valence-corrected chi connectivity index (χ2v) is 5.58. The fraction of sp³-hybridized carbons (Fsp3) is 0.200. The maximum absolute atomic E-state index is 12.0. The normalized spacial score (nSPS) is 11.4. The summed E-state index contributed by atoms with van der Waals surface area (Å²) in [5.74, 6) is 0. The number of rotatable bonds is 4. The van der Waals surface area contributed by atoms with Crippen molar-refractivity contribution in [3.63, 3.8) is 0 Å². The van der Waals surface area contributed by atoms with Gasteiger partial charge in [0, 0.05) is 18.9 Å². The van der Waals surface area contributed by atoms with E-state index in [-0.39, 0.29) is 10.0 Å². The summed E-state index contributed by atoms with van der Waals surface area (Å²) >= 11 is 5.60. The number of sulfonamides is 1. The lowest BCUT2D eigenvalue weighted by Gasteiger charge is -2.05. The highest BCUT2D eigenvalue weighted by molar-refractivity contribution is 7.92. The molecule has 0 saturated heterocycles. The van der Waals surface area contributed by atoms with Gasteiger partial charge in [0.25, 0.3) is 10.0 Å². The van der Waals surface area contributed by atoms with Gasteiger partial charge in [-0.25, -0.2) is 13.4 Å². The maximum atomic E-state index is 12.0. The quantitative estimate of drug-likeness (QED) is 0.869. The topological polar surface area (TPSA) is 76.9 Å². The summed E-state index contributed by atoms with van der Waals surface area (Å²) in [5.41, 5.74) is 0.409. The van der Waals surface area contributed by atoms with Gasteiger partial charge < -0.3 is 0 Å². The third kappa shape index (κ3) is 2.80. The van der Waals surface area contributed by atoms with E-state index in [1.54, 1.807) is 10.9 Å². The molecule has 6 nitrogen and oxygen atoms in total. The van der Waals surface area contributed by atoms with Gasteiger partial charge in [0.1, 0.15) is 10.0 Å². The second kappa shape index (κ2) is 4.95. The molecule has 0 amide bonds. The van der Waals surface area contributed by atoms with Crippen LogP contribution in [0.2, 0.25) is 5.15 Å². The molecule has 0 saturated carbocycles. The van der Waals surface area contributed by atoms with E-state index in [4.69, 9.17) is 11.6 Å². The monoisotopic (exact) mass is 286 g/mol. The SMILES string of the molecule is CCn1cc(NS(=O)(=O)c2ccc(Cl)nc2)cn1. The van der Waals surface area contributed by atoms with Crippen LogP contribution in [0.5, 0.6) is 0 Å². The van der Waals surface area contributed by atoms with Crippen molar-refractivity contribution >= 4 is 27.3 Å². The van der Waals surface area contributed by atoms with E-state index < -0.39 is 10.0 Å². The van der Waals surface area contributed by atoms with Crippen LogP contribution in [0.3, 0.4) is 0 Å². The van der Waals surface area contributed by atoms with Gasteiger partial charge in [-0.15, -0.1) is 0 Å². The molecule has 0 aliphatic rings. The second-order valence-electron chi connectivity index (χ2n) is 3.51. The maximum Gasteiger partial charge on any atom is 0.263 e. The molecule has 1 N–H and O–H groups in total. The molecule has 2 rings (SSSR count). The molecule has 0 aliphatic carbocycles. The summed E-state index contributed by atoms with van der Waals surface area (Å²) < 4.78 is 28.0. The predicted octanol–water partition coefficient (Wildman–Crippen LogP) is 1.75. The molecule has 2 aromatic rings. The van der Waals surface area contributed by atoms with Crippen molar-refractivity contribution in [1.82, 2.24) is 14.8 Å². The van der Waals surface area contributed by atoms with Crippen LogP contribution in [0.25, 0.3) is 0 Å². The Morgan fingerprint density at radius 2 is 2.17 bits per heavy atom. The van der Waals surface area contributed by atoms with E-state index in [9.17, 15) is 8.42 Å². The lowest BCUT2D eigenvalue weighted by molar-refractivity contribution is 0.601. The minimum atomic E-state index is -3.65. The molecule has 0 aliphatic heterocycles. The average Bonchev–Trinajstić information content (AvgIpc) is 2.76. The molecule has 0 radical (unpaired) electrons. The standard InChI is InChI=1S/C10H11ClN4O2S/c1-2-15-7-8(5-13-15)14-18(16,17)9-3-4-10(11)12-6-9/h3-7,14H,2H2,1H3. The van der Waals surface area contributed by atoms with Gasteiger partial charge in [0.2, 0.25) is 0 Å². The van der Waals surface area contributed by atoms with Crippen LogP contribution in [-0.2, 0) is 16.6 Å². The Morgan fingerprint density at radius 1 is 1.39 bits per heavy atom. The molecular weight excluding hydrogens is 276 g/mol. The number of hydrogen-bond donors (Lipinski definition) is 1. The average molecular weight is 287 g/mol. The Bertz CT molecular complexity index is 636. The Labute approximate surface area is 110 Å². The van der Waals surface area contributed by atoms with Crippen LogP contribution in [0, 0.1) is 0 Å². The first-order valence-electron chi connectivity index (χ1n) is 5.18. The molecule has 0 atom stereocenters. The van der Waals surface area contributed by atoms with E-state index in [2.05, 4.69) is 14.8 Å². The molecule has 0 spiro atoms. The van der Waals surface area contributed by atoms with Crippen LogP contribution in [0.4, 0.5) is 5.69 Å². The molecule has 8 heteroatoms. The van der Waals surface area contributed by atoms with E-state index in [0.717, 1.165) is 0 Å². The molecule has 18 heavy (non-hydrogen) atoms. The first kappa shape index (κ1) is 12.8. The highest BCUT2D eigenvalue weighted by Crippen LogP contribution is 2.15. The van der Waals surface area contributed by atoms with Crippen LogP contribution >= 0.6 is 11.6 Å². The Morgan fingerprint density at radius 3 is 2.72 bits per heavy atom. The summed E-state index contributed by atoms with van der Waals surface area (Å²) in [6.45, 7) is 2.58. The van der Waals surface area contributed by atoms with Crippen molar-refractivity contribution in [2.24, 2.45) is 0 Å². The zero-order valence-electron chi connectivity index (χ0n) is 9.54. The van der Waals surface area contributed by atoms with Crippen LogP contribution in [0.15, 0.2) is 35.6 Å². The van der Waals surface area contributed by atoms with Gasteiger partial charge in [0.05, 0.1) is 11.9 Å². The van der Waals surface area contributed by atoms with Gasteiger partial charge in [0.15, 0.2) is 0 Å². The van der Waals surface area contributed by atoms with Crippen molar-refractivity contribution in [3.05, 3.63) is 35.9 Å². The van der Waals surface area contributed by atoms with Crippen molar-refractivity contribution in [2.75, 3.05) is 4.72 Å². The summed E-state index contributed by atoms with van der Waals surface area (Å²) in [5, 5.41) is 4.22. The molecule has 0 fully saturated rings. The highest BCUT2D eigenvalue weighted by atomic mass is 35.5. The third-order valence-electron chi connectivity index (χ3n) is 2.22. The van der Waals surface area contributed by atoms with Crippen LogP contribution in [0.1, 0.15) is 6.92 Å². The van der Waals surface area contributed by atoms with Gasteiger partial charge in [-0.3, -0.25) is 9.40 Å². The Hall–Kier alpha value is -1.60. The number of anilines is 1. The lowest BCUT2D eigenvalue weighted by atomic mass is 10.5. The lowest BCUT2D eigenvalue weighted by Crippen LogP contribution is -2.12. The van der Waals surface area contributed by atoms with Crippen molar-refractivity contribution in [3.8, 4) is 0 Å². The van der Waals surface area contributed by atoms with Crippen LogP contribution < -0.4 is 4.72 Å². The van der Waals surface area contributed by atoms with E-state index in [0.29, 0.717) is 12.2 Å². The van der Waals surface area contributed by atoms with Gasteiger partial charge in [-0.1, -0.05) is 11.6 Å². The molecule has 2 aromatic heterocycles. The van der Waals surface area contributed by atoms with Crippen LogP contribution in [-0.4, -0.2) is 23.2 Å². The first-order valence-corrected chi connectivity index (χ1v) is 7.04. The zero-order valence-corrected chi connectivity index (χ0v) is 11.1. The number of nitrogens with one attached hydrogen (secondary N) is 1. The number of pyridine rings is 1. The molecule has 0 aromatic carbocycles. The fourth-order valence-electron chi connectivity index (χ4n) is 1.32. The zero-order chi connectivity index (χ0) is 13.2. The van der Waals surface area contributed by atoms with Crippen molar-refractivity contribution in [2.45, 2.75) is 18.4 Å². The van der Waals surface area contributed by atoms with Gasteiger partial charge in [-0.2, -0.15) is 5.10 Å². The van der Waals surface area contributed by atoms with Crippen molar-refractivity contribution < 1.29 is 8.42 Å². The summed E-state index contributed by atoms with van der Waals surface area (Å²) in [7, 11) is -3.65. The van der Waals surface area contributed by atoms with Crippen molar-refractivity contribution in [1.29, 1.82) is 0 Å². The molecular formula is C10H11ClN4O2S. The van der Waals surface area contributed by atoms with E-state index >= 15 is 0 Å². The Balaban J connectivity index is 2.24. The number of aryl methyl sites for hydroxylation is 1. The smallest absolute Gasteiger partial charge is 0.263 e. The largest absolute Gasteiger partial charge is 0.276 e. The highest BCUT2D eigenvalue weighted by Gasteiger charge is 2.15. The van der Waals surface area contributed by atoms with Gasteiger partial charge in [-0.05, 0) is 19.1 Å². The summed E-state index contributed by atoms with van der Waals surface area (Å²) in [6, 6.07) is 2.81. The van der Waals surface area contributed by atoms with E-state index in [1.807, 2.05) is 6.92 Å². The minimum absolute atomic E-state index is 0.0520. The number of nitrogens with zero attached hydrogens (tertiary/aromatic N) is 3. The molecule has 96 valence electrons. The number of aromatic nitrogens is 3. The predicted molar refractivity (Wildman–Crippen MR) is 68.0 cm³/mol. The first-order chi connectivity index (χ1) is 8.51. The number of halogens is 1. The van der Waals surface area contributed by atoms with E-state index in [1.165, 1.54) is 24.5 Å². The fourth-order valence-corrected chi connectivity index (χ4v) is 2.41. The minimum Gasteiger partial charge on any atom is -0.276 e. The molecule has 2 heterocycles. The van der Waals surface area contributed by atoms with Gasteiger partial charge >= 0.3 is 0 Å².